The van der Waals surface area contributed by atoms with Crippen molar-refractivity contribution in [3.8, 4) is 0 Å². The van der Waals surface area contributed by atoms with Gasteiger partial charge in [0.05, 0.1) is 5.56 Å². The van der Waals surface area contributed by atoms with Gasteiger partial charge in [0.2, 0.25) is 0 Å². The predicted octanol–water partition coefficient (Wildman–Crippen LogP) is 3.71. The molecule has 1 aromatic rings. The first-order valence-corrected chi connectivity index (χ1v) is 6.20. The van der Waals surface area contributed by atoms with Crippen LogP contribution in [0.5, 0.6) is 0 Å². The lowest BCUT2D eigenvalue weighted by molar-refractivity contribution is 0.0744. The van der Waals surface area contributed by atoms with Crippen LogP contribution in [0, 0.1) is 11.2 Å². The summed E-state index contributed by atoms with van der Waals surface area (Å²) in [6.45, 7) is 6.85. The smallest absolute Gasteiger partial charge is 0.254 e. The van der Waals surface area contributed by atoms with Gasteiger partial charge in [0, 0.05) is 18.1 Å². The summed E-state index contributed by atoms with van der Waals surface area (Å²) in [4.78, 5) is 13.8. The molecule has 1 aromatic carbocycles. The van der Waals surface area contributed by atoms with Gasteiger partial charge in [-0.1, -0.05) is 20.8 Å². The molecular formula is C13H17BrFNO. The second-order valence-electron chi connectivity index (χ2n) is 5.35. The molecule has 0 atom stereocenters. The van der Waals surface area contributed by atoms with Crippen molar-refractivity contribution in [3.05, 3.63) is 34.1 Å². The first-order valence-electron chi connectivity index (χ1n) is 5.41. The zero-order chi connectivity index (χ0) is 13.2. The van der Waals surface area contributed by atoms with Crippen LogP contribution in [-0.2, 0) is 0 Å². The fraction of sp³-hybridized carbons (Fsp3) is 0.462. The molecule has 0 radical (unpaired) electrons. The van der Waals surface area contributed by atoms with E-state index in [1.54, 1.807) is 11.9 Å². The van der Waals surface area contributed by atoms with Gasteiger partial charge < -0.3 is 4.90 Å². The average molecular weight is 302 g/mol. The Balaban J connectivity index is 2.89. The summed E-state index contributed by atoms with van der Waals surface area (Å²) in [6.07, 6.45) is 0. The van der Waals surface area contributed by atoms with Crippen LogP contribution in [0.4, 0.5) is 4.39 Å². The summed E-state index contributed by atoms with van der Waals surface area (Å²) in [7, 11) is 1.75. The Morgan fingerprint density at radius 2 is 2.00 bits per heavy atom. The van der Waals surface area contributed by atoms with Crippen LogP contribution >= 0.6 is 15.9 Å². The SMILES string of the molecule is CN(CC(C)(C)C)C(=O)c1ccc(F)cc1Br. The molecule has 0 aliphatic rings. The molecule has 1 amide bonds. The number of hydrogen-bond acceptors (Lipinski definition) is 1. The third-order valence-electron chi connectivity index (χ3n) is 2.22. The first-order chi connectivity index (χ1) is 7.70. The largest absolute Gasteiger partial charge is 0.341 e. The molecule has 94 valence electrons. The molecule has 0 heterocycles. The minimum absolute atomic E-state index is 0.0386. The molecular weight excluding hydrogens is 285 g/mol. The van der Waals surface area contributed by atoms with Crippen molar-refractivity contribution < 1.29 is 9.18 Å². The lowest BCUT2D eigenvalue weighted by Gasteiger charge is -2.27. The lowest BCUT2D eigenvalue weighted by atomic mass is 9.96. The first kappa shape index (κ1) is 14.2. The molecule has 0 saturated carbocycles. The summed E-state index contributed by atoms with van der Waals surface area (Å²) in [5, 5.41) is 0. The Morgan fingerprint density at radius 3 is 2.47 bits per heavy atom. The van der Waals surface area contributed by atoms with Gasteiger partial charge in [-0.05, 0) is 39.5 Å². The lowest BCUT2D eigenvalue weighted by Crippen LogP contribution is -2.34. The number of carbonyl (C=O) groups is 1. The normalized spacial score (nSPS) is 11.4. The van der Waals surface area contributed by atoms with E-state index in [1.165, 1.54) is 18.2 Å². The maximum atomic E-state index is 12.9. The highest BCUT2D eigenvalue weighted by molar-refractivity contribution is 9.10. The number of nitrogens with zero attached hydrogens (tertiary/aromatic N) is 1. The second-order valence-corrected chi connectivity index (χ2v) is 6.20. The molecule has 4 heteroatoms. The zero-order valence-corrected chi connectivity index (χ0v) is 12.1. The van der Waals surface area contributed by atoms with Crippen LogP contribution in [0.15, 0.2) is 22.7 Å². The summed E-state index contributed by atoms with van der Waals surface area (Å²) < 4.78 is 13.4. The molecule has 0 aliphatic carbocycles. The van der Waals surface area contributed by atoms with Gasteiger partial charge in [0.15, 0.2) is 0 Å². The van der Waals surface area contributed by atoms with Crippen molar-refractivity contribution in [2.75, 3.05) is 13.6 Å². The van der Waals surface area contributed by atoms with E-state index in [-0.39, 0.29) is 17.1 Å². The summed E-state index contributed by atoms with van der Waals surface area (Å²) in [6, 6.07) is 4.10. The number of hydrogen-bond donors (Lipinski definition) is 0. The number of carbonyl (C=O) groups excluding carboxylic acids is 1. The number of benzene rings is 1. The standard InChI is InChI=1S/C13H17BrFNO/c1-13(2,3)8-16(4)12(17)10-6-5-9(15)7-11(10)14/h5-7H,8H2,1-4H3. The number of halogens is 2. The topological polar surface area (TPSA) is 20.3 Å². The van der Waals surface area contributed by atoms with E-state index in [1.807, 2.05) is 0 Å². The molecule has 1 rings (SSSR count). The van der Waals surface area contributed by atoms with E-state index >= 15 is 0 Å². The molecule has 17 heavy (non-hydrogen) atoms. The van der Waals surface area contributed by atoms with Crippen molar-refractivity contribution in [1.82, 2.24) is 4.90 Å². The molecule has 0 aromatic heterocycles. The van der Waals surface area contributed by atoms with Crippen molar-refractivity contribution in [2.24, 2.45) is 5.41 Å². The van der Waals surface area contributed by atoms with Gasteiger partial charge in [0.1, 0.15) is 5.82 Å². The van der Waals surface area contributed by atoms with Gasteiger partial charge in [-0.3, -0.25) is 4.79 Å². The van der Waals surface area contributed by atoms with Crippen LogP contribution in [-0.4, -0.2) is 24.4 Å². The fourth-order valence-electron chi connectivity index (χ4n) is 1.65. The Hall–Kier alpha value is -0.900. The van der Waals surface area contributed by atoms with Crippen LogP contribution in [0.25, 0.3) is 0 Å². The van der Waals surface area contributed by atoms with Crippen molar-refractivity contribution in [1.29, 1.82) is 0 Å². The molecule has 0 saturated heterocycles. The molecule has 0 bridgehead atoms. The third-order valence-corrected chi connectivity index (χ3v) is 2.88. The summed E-state index contributed by atoms with van der Waals surface area (Å²) >= 11 is 3.21. The van der Waals surface area contributed by atoms with Crippen LogP contribution < -0.4 is 0 Å². The van der Waals surface area contributed by atoms with E-state index in [2.05, 4.69) is 36.7 Å². The molecule has 0 N–H and O–H groups in total. The Kier molecular flexibility index (Phi) is 4.31. The summed E-state index contributed by atoms with van der Waals surface area (Å²) in [5.41, 5.74) is 0.523. The predicted molar refractivity (Wildman–Crippen MR) is 70.5 cm³/mol. The number of amides is 1. The highest BCUT2D eigenvalue weighted by atomic mass is 79.9. The van der Waals surface area contributed by atoms with Crippen LogP contribution in [0.3, 0.4) is 0 Å². The van der Waals surface area contributed by atoms with E-state index in [0.717, 1.165) is 0 Å². The van der Waals surface area contributed by atoms with Crippen LogP contribution in [0.1, 0.15) is 31.1 Å². The van der Waals surface area contributed by atoms with Gasteiger partial charge in [-0.15, -0.1) is 0 Å². The molecule has 2 nitrogen and oxygen atoms in total. The highest BCUT2D eigenvalue weighted by Gasteiger charge is 2.20. The molecule has 0 spiro atoms. The Bertz CT molecular complexity index is 426. The van der Waals surface area contributed by atoms with E-state index < -0.39 is 0 Å². The monoisotopic (exact) mass is 301 g/mol. The van der Waals surface area contributed by atoms with Crippen LogP contribution in [0.2, 0.25) is 0 Å². The maximum absolute atomic E-state index is 12.9. The van der Waals surface area contributed by atoms with Crippen molar-refractivity contribution in [2.45, 2.75) is 20.8 Å². The maximum Gasteiger partial charge on any atom is 0.254 e. The van der Waals surface area contributed by atoms with Gasteiger partial charge in [-0.2, -0.15) is 0 Å². The number of rotatable bonds is 2. The minimum Gasteiger partial charge on any atom is -0.341 e. The molecule has 0 aliphatic heterocycles. The van der Waals surface area contributed by atoms with Crippen molar-refractivity contribution in [3.63, 3.8) is 0 Å². The fourth-order valence-corrected chi connectivity index (χ4v) is 2.17. The van der Waals surface area contributed by atoms with Gasteiger partial charge in [0.25, 0.3) is 5.91 Å². The third kappa shape index (κ3) is 4.11. The van der Waals surface area contributed by atoms with E-state index in [4.69, 9.17) is 0 Å². The Morgan fingerprint density at radius 1 is 1.41 bits per heavy atom. The molecule has 0 unspecified atom stereocenters. The average Bonchev–Trinajstić information content (AvgIpc) is 2.14. The minimum atomic E-state index is -0.355. The Labute approximate surface area is 110 Å². The van der Waals surface area contributed by atoms with Gasteiger partial charge in [-0.25, -0.2) is 4.39 Å². The molecule has 0 fully saturated rings. The highest BCUT2D eigenvalue weighted by Crippen LogP contribution is 2.21. The van der Waals surface area contributed by atoms with E-state index in [9.17, 15) is 9.18 Å². The summed E-state index contributed by atoms with van der Waals surface area (Å²) in [5.74, 6) is -0.460. The van der Waals surface area contributed by atoms with E-state index in [0.29, 0.717) is 16.6 Å². The van der Waals surface area contributed by atoms with Crippen molar-refractivity contribution >= 4 is 21.8 Å². The quantitative estimate of drug-likeness (QED) is 0.815. The zero-order valence-electron chi connectivity index (χ0n) is 10.6. The second kappa shape index (κ2) is 5.17. The van der Waals surface area contributed by atoms with Gasteiger partial charge >= 0.3 is 0 Å².